The van der Waals surface area contributed by atoms with Gasteiger partial charge in [0.1, 0.15) is 5.75 Å². The number of carbonyl (C=O) groups excluding carboxylic acids is 3. The Hall–Kier alpha value is -3.67. The molecule has 0 fully saturated rings. The zero-order valence-corrected chi connectivity index (χ0v) is 19.6. The van der Waals surface area contributed by atoms with E-state index in [0.29, 0.717) is 12.1 Å². The lowest BCUT2D eigenvalue weighted by Gasteiger charge is -2.17. The first-order valence-electron chi connectivity index (χ1n) is 11.5. The third-order valence-electron chi connectivity index (χ3n) is 6.29. The summed E-state index contributed by atoms with van der Waals surface area (Å²) in [5, 5.41) is 2.11. The summed E-state index contributed by atoms with van der Waals surface area (Å²) in [4.78, 5) is 38.5. The molecule has 34 heavy (non-hydrogen) atoms. The maximum atomic E-state index is 12.4. The lowest BCUT2D eigenvalue weighted by Crippen LogP contribution is -2.30. The van der Waals surface area contributed by atoms with Crippen LogP contribution in [0, 0.1) is 0 Å². The van der Waals surface area contributed by atoms with Gasteiger partial charge in [0.2, 0.25) is 0 Å². The van der Waals surface area contributed by atoms with E-state index in [-0.39, 0.29) is 31.1 Å². The molecular weight excluding hydrogens is 430 g/mol. The van der Waals surface area contributed by atoms with Crippen LogP contribution in [0.1, 0.15) is 46.3 Å². The van der Waals surface area contributed by atoms with Crippen LogP contribution in [0.2, 0.25) is 0 Å². The van der Waals surface area contributed by atoms with E-state index in [0.717, 1.165) is 41.3 Å². The Balaban J connectivity index is 1.23. The molecule has 3 aromatic carbocycles. The lowest BCUT2D eigenvalue weighted by atomic mass is 10.0. The average Bonchev–Trinajstić information content (AvgIpc) is 3.33. The second-order valence-corrected chi connectivity index (χ2v) is 8.72. The van der Waals surface area contributed by atoms with Crippen molar-refractivity contribution >= 4 is 28.4 Å². The van der Waals surface area contributed by atoms with Gasteiger partial charge in [0.25, 0.3) is 5.91 Å². The van der Waals surface area contributed by atoms with Crippen LogP contribution in [0.3, 0.4) is 0 Å². The molecule has 0 aromatic heterocycles. The Morgan fingerprint density at radius 3 is 2.47 bits per heavy atom. The third-order valence-corrected chi connectivity index (χ3v) is 6.29. The molecule has 4 rings (SSSR count). The van der Waals surface area contributed by atoms with E-state index in [1.807, 2.05) is 54.6 Å². The van der Waals surface area contributed by atoms with Crippen molar-refractivity contribution in [3.63, 3.8) is 0 Å². The second kappa shape index (κ2) is 10.5. The smallest absolute Gasteiger partial charge is 0.306 e. The van der Waals surface area contributed by atoms with Gasteiger partial charge in [-0.25, -0.2) is 0 Å². The van der Waals surface area contributed by atoms with Gasteiger partial charge in [0.05, 0.1) is 13.5 Å². The van der Waals surface area contributed by atoms with Gasteiger partial charge in [0.15, 0.2) is 12.4 Å². The number of nitrogens with zero attached hydrogens (tertiary/aromatic N) is 1. The zero-order chi connectivity index (χ0) is 24.1. The minimum atomic E-state index is -0.545. The number of Topliss-reactive ketones (excluding diaryl/α,β-unsaturated/α-hetero) is 1. The number of rotatable bonds is 9. The van der Waals surface area contributed by atoms with E-state index in [9.17, 15) is 14.4 Å². The Morgan fingerprint density at radius 1 is 0.882 bits per heavy atom. The topological polar surface area (TPSA) is 72.9 Å². The molecule has 0 bridgehead atoms. The summed E-state index contributed by atoms with van der Waals surface area (Å²) in [6.45, 7) is 0.0579. The van der Waals surface area contributed by atoms with Crippen LogP contribution in [0.4, 0.5) is 0 Å². The van der Waals surface area contributed by atoms with Crippen LogP contribution in [0.15, 0.2) is 54.6 Å². The number of carbonyl (C=O) groups is 3. The molecule has 1 aliphatic rings. The fraction of sp³-hybridized carbons (Fsp3) is 0.321. The molecule has 3 aromatic rings. The number of amides is 1. The summed E-state index contributed by atoms with van der Waals surface area (Å²) >= 11 is 0. The Bertz CT molecular complexity index is 1230. The van der Waals surface area contributed by atoms with E-state index in [4.69, 9.17) is 9.47 Å². The Labute approximate surface area is 199 Å². The third kappa shape index (κ3) is 5.63. The SMILES string of the molecule is COc1ccc2cc(CN(C)C(=O)COC(=O)CCC(=O)c3ccc4c(c3)CCC4)ccc2c1. The van der Waals surface area contributed by atoms with Crippen LogP contribution in [-0.2, 0) is 33.7 Å². The molecule has 1 amide bonds. The van der Waals surface area contributed by atoms with Gasteiger partial charge in [0, 0.05) is 25.6 Å². The first-order valence-corrected chi connectivity index (χ1v) is 11.5. The number of ether oxygens (including phenoxy) is 2. The molecule has 0 spiro atoms. The number of fused-ring (bicyclic) bond motifs is 2. The van der Waals surface area contributed by atoms with Crippen molar-refractivity contribution in [1.82, 2.24) is 4.90 Å². The molecule has 0 saturated carbocycles. The highest BCUT2D eigenvalue weighted by molar-refractivity contribution is 5.98. The van der Waals surface area contributed by atoms with Gasteiger partial charge in [-0.2, -0.15) is 0 Å². The van der Waals surface area contributed by atoms with Crippen LogP contribution in [-0.4, -0.2) is 43.3 Å². The number of hydrogen-bond donors (Lipinski definition) is 0. The number of methoxy groups -OCH3 is 1. The molecule has 0 radical (unpaired) electrons. The van der Waals surface area contributed by atoms with E-state index in [1.165, 1.54) is 16.0 Å². The van der Waals surface area contributed by atoms with Crippen LogP contribution in [0.5, 0.6) is 5.75 Å². The molecule has 0 heterocycles. The number of hydrogen-bond acceptors (Lipinski definition) is 5. The molecule has 1 aliphatic carbocycles. The van der Waals surface area contributed by atoms with Crippen molar-refractivity contribution in [2.24, 2.45) is 0 Å². The zero-order valence-electron chi connectivity index (χ0n) is 19.6. The molecule has 0 unspecified atom stereocenters. The first kappa shape index (κ1) is 23.5. The fourth-order valence-corrected chi connectivity index (χ4v) is 4.29. The number of ketones is 1. The van der Waals surface area contributed by atoms with E-state index < -0.39 is 5.97 Å². The number of benzene rings is 3. The van der Waals surface area contributed by atoms with Gasteiger partial charge in [-0.3, -0.25) is 14.4 Å². The van der Waals surface area contributed by atoms with Gasteiger partial charge in [-0.1, -0.05) is 30.3 Å². The summed E-state index contributed by atoms with van der Waals surface area (Å²) in [5.74, 6) is -0.128. The fourth-order valence-electron chi connectivity index (χ4n) is 4.29. The van der Waals surface area contributed by atoms with Crippen molar-refractivity contribution < 1.29 is 23.9 Å². The minimum absolute atomic E-state index is 0.0406. The standard InChI is InChI=1S/C28H29NO5/c1-29(17-19-6-7-23-16-25(33-2)11-10-22(23)14-19)27(31)18-34-28(32)13-12-26(30)24-9-8-20-4-3-5-21(20)15-24/h6-11,14-16H,3-5,12-13,17-18H2,1-2H3. The maximum absolute atomic E-state index is 12.4. The molecule has 0 N–H and O–H groups in total. The second-order valence-electron chi connectivity index (χ2n) is 8.72. The van der Waals surface area contributed by atoms with Crippen LogP contribution >= 0.6 is 0 Å². The summed E-state index contributed by atoms with van der Waals surface area (Å²) in [6.07, 6.45) is 3.22. The van der Waals surface area contributed by atoms with Gasteiger partial charge in [-0.05, 0) is 71.0 Å². The predicted molar refractivity (Wildman–Crippen MR) is 130 cm³/mol. The Kier molecular flexibility index (Phi) is 7.26. The normalized spacial score (nSPS) is 12.3. The monoisotopic (exact) mass is 459 g/mol. The van der Waals surface area contributed by atoms with Gasteiger partial charge >= 0.3 is 5.97 Å². The number of likely N-dealkylation sites (N-methyl/N-ethyl adjacent to an activating group) is 1. The van der Waals surface area contributed by atoms with Crippen LogP contribution in [0.25, 0.3) is 10.8 Å². The lowest BCUT2D eigenvalue weighted by molar-refractivity contribution is -0.151. The molecule has 0 saturated heterocycles. The van der Waals surface area contributed by atoms with Crippen molar-refractivity contribution in [1.29, 1.82) is 0 Å². The molecule has 6 heteroatoms. The van der Waals surface area contributed by atoms with Crippen molar-refractivity contribution in [3.8, 4) is 5.75 Å². The van der Waals surface area contributed by atoms with Gasteiger partial charge < -0.3 is 14.4 Å². The summed E-state index contributed by atoms with van der Waals surface area (Å²) in [7, 11) is 3.31. The highest BCUT2D eigenvalue weighted by Gasteiger charge is 2.17. The average molecular weight is 460 g/mol. The number of aryl methyl sites for hydroxylation is 2. The highest BCUT2D eigenvalue weighted by atomic mass is 16.5. The highest BCUT2D eigenvalue weighted by Crippen LogP contribution is 2.24. The van der Waals surface area contributed by atoms with Crippen molar-refractivity contribution in [3.05, 3.63) is 76.9 Å². The maximum Gasteiger partial charge on any atom is 0.306 e. The van der Waals surface area contributed by atoms with Gasteiger partial charge in [-0.15, -0.1) is 0 Å². The quantitative estimate of drug-likeness (QED) is 0.348. The van der Waals surface area contributed by atoms with Crippen LogP contribution < -0.4 is 4.74 Å². The molecular formula is C28H29NO5. The van der Waals surface area contributed by atoms with E-state index in [1.54, 1.807) is 14.2 Å². The van der Waals surface area contributed by atoms with E-state index >= 15 is 0 Å². The molecule has 0 aliphatic heterocycles. The van der Waals surface area contributed by atoms with E-state index in [2.05, 4.69) is 0 Å². The molecule has 176 valence electrons. The summed E-state index contributed by atoms with van der Waals surface area (Å²) in [5.41, 5.74) is 4.15. The summed E-state index contributed by atoms with van der Waals surface area (Å²) in [6, 6.07) is 17.6. The number of esters is 1. The minimum Gasteiger partial charge on any atom is -0.497 e. The first-order chi connectivity index (χ1) is 16.4. The molecule has 6 nitrogen and oxygen atoms in total. The Morgan fingerprint density at radius 2 is 1.65 bits per heavy atom. The summed E-state index contributed by atoms with van der Waals surface area (Å²) < 4.78 is 10.4. The van der Waals surface area contributed by atoms with Crippen molar-refractivity contribution in [2.75, 3.05) is 20.8 Å². The largest absolute Gasteiger partial charge is 0.497 e. The predicted octanol–water partition coefficient (Wildman–Crippen LogP) is 4.50. The molecule has 0 atom stereocenters. The van der Waals surface area contributed by atoms with Crippen molar-refractivity contribution in [2.45, 2.75) is 38.6 Å².